The molecule has 0 unspecified atom stereocenters. The van der Waals surface area contributed by atoms with Crippen LogP contribution in [0.2, 0.25) is 0 Å². The van der Waals surface area contributed by atoms with Gasteiger partial charge in [-0.05, 0) is 24.8 Å². The normalized spacial score (nSPS) is 11.6. The fraction of sp³-hybridized carbons (Fsp3) is 0.538. The van der Waals surface area contributed by atoms with Crippen LogP contribution >= 0.6 is 11.3 Å². The maximum atomic E-state index is 11.0. The zero-order valence-electron chi connectivity index (χ0n) is 10.9. The Morgan fingerprint density at radius 3 is 2.83 bits per heavy atom. The van der Waals surface area contributed by atoms with Gasteiger partial charge in [0.2, 0.25) is 0 Å². The number of aromatic carboxylic acids is 1. The Bertz CT molecular complexity index is 569. The molecule has 0 bridgehead atoms. The summed E-state index contributed by atoms with van der Waals surface area (Å²) in [7, 11) is 0. The lowest BCUT2D eigenvalue weighted by atomic mass is 10.1. The van der Waals surface area contributed by atoms with E-state index in [-0.39, 0.29) is 0 Å². The van der Waals surface area contributed by atoms with Crippen molar-refractivity contribution in [1.29, 1.82) is 0 Å². The number of carboxylic acid groups (broad SMARTS) is 1. The first-order valence-corrected chi connectivity index (χ1v) is 7.07. The molecule has 0 saturated carbocycles. The molecular weight excluding hydrogens is 248 g/mol. The van der Waals surface area contributed by atoms with Crippen LogP contribution < -0.4 is 0 Å². The van der Waals surface area contributed by atoms with Gasteiger partial charge in [-0.2, -0.15) is 5.10 Å². The van der Waals surface area contributed by atoms with Gasteiger partial charge in [0.25, 0.3) is 0 Å². The van der Waals surface area contributed by atoms with Gasteiger partial charge in [-0.25, -0.2) is 4.79 Å². The molecule has 0 aliphatic rings. The van der Waals surface area contributed by atoms with E-state index in [1.54, 1.807) is 6.07 Å². The molecule has 4 nitrogen and oxygen atoms in total. The van der Waals surface area contributed by atoms with Crippen molar-refractivity contribution in [1.82, 2.24) is 9.78 Å². The van der Waals surface area contributed by atoms with E-state index >= 15 is 0 Å². The Kier molecular flexibility index (Phi) is 3.71. The summed E-state index contributed by atoms with van der Waals surface area (Å²) in [6.45, 7) is 7.26. The lowest BCUT2D eigenvalue weighted by Crippen LogP contribution is -2.03. The van der Waals surface area contributed by atoms with Crippen molar-refractivity contribution in [3.8, 4) is 0 Å². The molecule has 18 heavy (non-hydrogen) atoms. The summed E-state index contributed by atoms with van der Waals surface area (Å²) < 4.78 is 1.96. The molecule has 0 aliphatic carbocycles. The minimum atomic E-state index is -0.853. The van der Waals surface area contributed by atoms with E-state index in [2.05, 4.69) is 18.9 Å². The van der Waals surface area contributed by atoms with Crippen molar-refractivity contribution in [3.63, 3.8) is 0 Å². The highest BCUT2D eigenvalue weighted by Gasteiger charge is 2.16. The zero-order valence-corrected chi connectivity index (χ0v) is 11.8. The minimum absolute atomic E-state index is 0.399. The molecule has 0 atom stereocenters. The molecule has 2 rings (SSSR count). The first kappa shape index (κ1) is 13.1. The maximum Gasteiger partial charge on any atom is 0.345 e. The quantitative estimate of drug-likeness (QED) is 0.902. The first-order valence-electron chi connectivity index (χ1n) is 6.25. The molecule has 98 valence electrons. The summed E-state index contributed by atoms with van der Waals surface area (Å²) in [5.41, 5.74) is 0.998. The lowest BCUT2D eigenvalue weighted by Gasteiger charge is -2.04. The smallest absolute Gasteiger partial charge is 0.345 e. The largest absolute Gasteiger partial charge is 0.477 e. The number of carboxylic acids is 1. The third-order valence-electron chi connectivity index (χ3n) is 2.96. The van der Waals surface area contributed by atoms with Gasteiger partial charge in [0.1, 0.15) is 9.71 Å². The fourth-order valence-corrected chi connectivity index (χ4v) is 2.92. The van der Waals surface area contributed by atoms with E-state index in [0.29, 0.717) is 10.8 Å². The minimum Gasteiger partial charge on any atom is -0.477 e. The van der Waals surface area contributed by atoms with Crippen molar-refractivity contribution in [2.45, 2.75) is 40.2 Å². The number of fused-ring (bicyclic) bond motifs is 1. The van der Waals surface area contributed by atoms with Gasteiger partial charge in [0, 0.05) is 11.9 Å². The maximum absolute atomic E-state index is 11.0. The number of nitrogens with zero attached hydrogens (tertiary/aromatic N) is 2. The number of rotatable bonds is 5. The van der Waals surface area contributed by atoms with E-state index in [0.717, 1.165) is 35.3 Å². The van der Waals surface area contributed by atoms with Crippen LogP contribution in [-0.4, -0.2) is 20.9 Å². The SMILES string of the molecule is CCc1nn(CCC(C)C)c2sc(C(=O)O)cc12. The van der Waals surface area contributed by atoms with Gasteiger partial charge in [0.15, 0.2) is 0 Å². The predicted octanol–water partition coefficient (Wildman–Crippen LogP) is 3.40. The number of hydrogen-bond donors (Lipinski definition) is 1. The molecule has 0 aromatic carbocycles. The van der Waals surface area contributed by atoms with Crippen LogP contribution in [0.5, 0.6) is 0 Å². The van der Waals surface area contributed by atoms with Crippen molar-refractivity contribution >= 4 is 27.5 Å². The van der Waals surface area contributed by atoms with E-state index in [9.17, 15) is 4.79 Å². The average Bonchev–Trinajstić information content (AvgIpc) is 2.84. The highest BCUT2D eigenvalue weighted by Crippen LogP contribution is 2.29. The first-order chi connectivity index (χ1) is 8.52. The Labute approximate surface area is 110 Å². The molecule has 1 N–H and O–H groups in total. The van der Waals surface area contributed by atoms with Crippen LogP contribution in [0.25, 0.3) is 10.2 Å². The molecule has 0 saturated heterocycles. The zero-order chi connectivity index (χ0) is 13.3. The second kappa shape index (κ2) is 5.10. The van der Waals surface area contributed by atoms with Crippen molar-refractivity contribution < 1.29 is 9.90 Å². The van der Waals surface area contributed by atoms with Crippen molar-refractivity contribution in [2.24, 2.45) is 5.92 Å². The van der Waals surface area contributed by atoms with E-state index in [1.807, 2.05) is 11.6 Å². The van der Waals surface area contributed by atoms with E-state index in [4.69, 9.17) is 5.11 Å². The highest BCUT2D eigenvalue weighted by molar-refractivity contribution is 7.20. The standard InChI is InChI=1S/C13H18N2O2S/c1-4-10-9-7-11(13(16)17)18-12(9)15(14-10)6-5-8(2)3/h7-8H,4-6H2,1-3H3,(H,16,17). The van der Waals surface area contributed by atoms with Gasteiger partial charge >= 0.3 is 5.97 Å². The average molecular weight is 266 g/mol. The molecule has 0 spiro atoms. The third kappa shape index (κ3) is 2.41. The van der Waals surface area contributed by atoms with Gasteiger partial charge in [0.05, 0.1) is 5.69 Å². The molecule has 2 aromatic rings. The number of aromatic nitrogens is 2. The molecule has 2 heterocycles. The monoisotopic (exact) mass is 266 g/mol. The molecule has 2 aromatic heterocycles. The van der Waals surface area contributed by atoms with Gasteiger partial charge in [-0.15, -0.1) is 11.3 Å². The molecule has 0 amide bonds. The summed E-state index contributed by atoms with van der Waals surface area (Å²) in [5.74, 6) is -0.234. The van der Waals surface area contributed by atoms with Crippen LogP contribution in [0.1, 0.15) is 42.6 Å². The molecular formula is C13H18N2O2S. The second-order valence-electron chi connectivity index (χ2n) is 4.84. The van der Waals surface area contributed by atoms with E-state index in [1.165, 1.54) is 11.3 Å². The summed E-state index contributed by atoms with van der Waals surface area (Å²) in [6.07, 6.45) is 1.89. The number of carbonyl (C=O) groups is 1. The van der Waals surface area contributed by atoms with Crippen molar-refractivity contribution in [2.75, 3.05) is 0 Å². The van der Waals surface area contributed by atoms with Crippen LogP contribution in [0, 0.1) is 5.92 Å². The Morgan fingerprint density at radius 2 is 2.28 bits per heavy atom. The topological polar surface area (TPSA) is 55.1 Å². The summed E-state index contributed by atoms with van der Waals surface area (Å²) in [6, 6.07) is 1.75. The Morgan fingerprint density at radius 1 is 1.56 bits per heavy atom. The van der Waals surface area contributed by atoms with Gasteiger partial charge < -0.3 is 5.11 Å². The van der Waals surface area contributed by atoms with Crippen LogP contribution in [-0.2, 0) is 13.0 Å². The van der Waals surface area contributed by atoms with Crippen molar-refractivity contribution in [3.05, 3.63) is 16.6 Å². The Hall–Kier alpha value is -1.36. The van der Waals surface area contributed by atoms with Gasteiger partial charge in [-0.1, -0.05) is 20.8 Å². The summed E-state index contributed by atoms with van der Waals surface area (Å²) in [5, 5.41) is 14.6. The molecule has 0 aliphatic heterocycles. The number of thiophene rings is 1. The highest BCUT2D eigenvalue weighted by atomic mass is 32.1. The lowest BCUT2D eigenvalue weighted by molar-refractivity contribution is 0.0702. The number of aryl methyl sites for hydroxylation is 2. The predicted molar refractivity (Wildman–Crippen MR) is 73.4 cm³/mol. The molecule has 0 fully saturated rings. The van der Waals surface area contributed by atoms with Crippen LogP contribution in [0.15, 0.2) is 6.07 Å². The summed E-state index contributed by atoms with van der Waals surface area (Å²) in [4.78, 5) is 12.4. The molecule has 0 radical (unpaired) electrons. The third-order valence-corrected chi connectivity index (χ3v) is 4.10. The fourth-order valence-electron chi connectivity index (χ4n) is 1.92. The Balaban J connectivity index is 2.42. The second-order valence-corrected chi connectivity index (χ2v) is 5.87. The molecule has 5 heteroatoms. The summed E-state index contributed by atoms with van der Waals surface area (Å²) >= 11 is 1.32. The van der Waals surface area contributed by atoms with Crippen LogP contribution in [0.4, 0.5) is 0 Å². The number of hydrogen-bond acceptors (Lipinski definition) is 3. The van der Waals surface area contributed by atoms with Gasteiger partial charge in [-0.3, -0.25) is 4.68 Å². The van der Waals surface area contributed by atoms with Crippen LogP contribution in [0.3, 0.4) is 0 Å². The van der Waals surface area contributed by atoms with E-state index < -0.39 is 5.97 Å².